The van der Waals surface area contributed by atoms with Crippen molar-refractivity contribution < 1.29 is 14.6 Å². The van der Waals surface area contributed by atoms with Crippen LogP contribution in [0.15, 0.2) is 36.9 Å². The molecule has 0 unspecified atom stereocenters. The normalized spacial score (nSPS) is 10.6. The van der Waals surface area contributed by atoms with Gasteiger partial charge in [0.2, 0.25) is 0 Å². The third-order valence-electron chi connectivity index (χ3n) is 2.37. The molecule has 1 aromatic carbocycles. The van der Waals surface area contributed by atoms with E-state index in [1.165, 1.54) is 11.3 Å². The van der Waals surface area contributed by atoms with Gasteiger partial charge in [0.15, 0.2) is 0 Å². The predicted octanol–water partition coefficient (Wildman–Crippen LogP) is 3.30. The van der Waals surface area contributed by atoms with Crippen molar-refractivity contribution in [2.24, 2.45) is 0 Å². The maximum atomic E-state index is 11.2. The molecule has 1 aromatic heterocycles. The van der Waals surface area contributed by atoms with Gasteiger partial charge >= 0.3 is 5.97 Å². The third-order valence-corrected chi connectivity index (χ3v) is 3.58. The van der Waals surface area contributed by atoms with Gasteiger partial charge in [-0.15, -0.1) is 17.9 Å². The minimum Gasteiger partial charge on any atom is -0.477 e. The molecule has 1 N–H and O–H groups in total. The van der Waals surface area contributed by atoms with Crippen molar-refractivity contribution in [2.45, 2.75) is 6.61 Å². The second-order valence-corrected chi connectivity index (χ2v) is 4.57. The van der Waals surface area contributed by atoms with Crippen molar-refractivity contribution in [2.75, 3.05) is 6.61 Å². The van der Waals surface area contributed by atoms with E-state index in [9.17, 15) is 4.79 Å². The summed E-state index contributed by atoms with van der Waals surface area (Å²) in [5, 5.41) is 10.1. The molecule has 0 spiro atoms. The molecule has 0 aliphatic carbocycles. The van der Waals surface area contributed by atoms with Crippen molar-refractivity contribution in [1.82, 2.24) is 0 Å². The van der Waals surface area contributed by atoms with Gasteiger partial charge in [-0.25, -0.2) is 4.79 Å². The molecule has 17 heavy (non-hydrogen) atoms. The zero-order valence-corrected chi connectivity index (χ0v) is 10.00. The second-order valence-electron chi connectivity index (χ2n) is 3.51. The first kappa shape index (κ1) is 11.8. The molecule has 1 heterocycles. The van der Waals surface area contributed by atoms with Gasteiger partial charge in [0.25, 0.3) is 0 Å². The lowest BCUT2D eigenvalue weighted by molar-refractivity contribution is 0.0696. The van der Waals surface area contributed by atoms with Crippen molar-refractivity contribution >= 4 is 27.4 Å². The summed E-state index contributed by atoms with van der Waals surface area (Å²) in [6.45, 7) is 4.28. The molecule has 0 saturated heterocycles. The summed E-state index contributed by atoms with van der Waals surface area (Å²) in [5.74, 6) is -0.900. The summed E-state index contributed by atoms with van der Waals surface area (Å²) in [6, 6.07) is 7.64. The fourth-order valence-electron chi connectivity index (χ4n) is 1.66. The van der Waals surface area contributed by atoms with Crippen molar-refractivity contribution in [3.63, 3.8) is 0 Å². The monoisotopic (exact) mass is 248 g/mol. The minimum atomic E-state index is -0.900. The molecular weight excluding hydrogens is 236 g/mol. The van der Waals surface area contributed by atoms with Crippen LogP contribution in [0.1, 0.15) is 15.2 Å². The number of aromatic carboxylic acids is 1. The Morgan fingerprint density at radius 3 is 2.94 bits per heavy atom. The summed E-state index contributed by atoms with van der Waals surface area (Å²) in [6.07, 6.45) is 1.65. The van der Waals surface area contributed by atoms with Gasteiger partial charge in [0.1, 0.15) is 4.88 Å². The summed E-state index contributed by atoms with van der Waals surface area (Å²) >= 11 is 1.28. The van der Waals surface area contributed by atoms with E-state index in [1.54, 1.807) is 6.08 Å². The van der Waals surface area contributed by atoms with Crippen LogP contribution in [0.3, 0.4) is 0 Å². The lowest BCUT2D eigenvalue weighted by Crippen LogP contribution is -2.00. The Labute approximate surface area is 103 Å². The van der Waals surface area contributed by atoms with E-state index in [0.717, 1.165) is 15.6 Å². The lowest BCUT2D eigenvalue weighted by atomic mass is 10.1. The number of hydrogen-bond donors (Lipinski definition) is 1. The van der Waals surface area contributed by atoms with Crippen LogP contribution in [0.5, 0.6) is 0 Å². The smallest absolute Gasteiger partial charge is 0.346 e. The Kier molecular flexibility index (Phi) is 3.56. The fourth-order valence-corrected chi connectivity index (χ4v) is 2.71. The summed E-state index contributed by atoms with van der Waals surface area (Å²) in [7, 11) is 0. The number of rotatable bonds is 5. The number of carboxylic acid groups (broad SMARTS) is 1. The molecule has 2 aromatic rings. The first-order valence-corrected chi connectivity index (χ1v) is 5.98. The van der Waals surface area contributed by atoms with Crippen molar-refractivity contribution in [1.29, 1.82) is 0 Å². The van der Waals surface area contributed by atoms with Gasteiger partial charge in [0.05, 0.1) is 13.2 Å². The van der Waals surface area contributed by atoms with E-state index < -0.39 is 5.97 Å². The number of carbonyl (C=O) groups is 1. The van der Waals surface area contributed by atoms with Crippen LogP contribution >= 0.6 is 11.3 Å². The predicted molar refractivity (Wildman–Crippen MR) is 68.6 cm³/mol. The summed E-state index contributed by atoms with van der Waals surface area (Å²) in [4.78, 5) is 11.5. The molecule has 0 aliphatic heterocycles. The summed E-state index contributed by atoms with van der Waals surface area (Å²) < 4.78 is 6.33. The first-order valence-electron chi connectivity index (χ1n) is 5.16. The summed E-state index contributed by atoms with van der Waals surface area (Å²) in [5.41, 5.74) is 0.750. The number of benzene rings is 1. The van der Waals surface area contributed by atoms with E-state index in [4.69, 9.17) is 9.84 Å². The Morgan fingerprint density at radius 2 is 2.24 bits per heavy atom. The molecule has 0 saturated carbocycles. The molecule has 0 fully saturated rings. The quantitative estimate of drug-likeness (QED) is 0.652. The highest BCUT2D eigenvalue weighted by Crippen LogP contribution is 2.31. The maximum absolute atomic E-state index is 11.2. The van der Waals surface area contributed by atoms with Gasteiger partial charge < -0.3 is 9.84 Å². The molecule has 3 nitrogen and oxygen atoms in total. The lowest BCUT2D eigenvalue weighted by Gasteiger charge is -2.02. The number of carboxylic acids is 1. The molecule has 2 rings (SSSR count). The number of ether oxygens (including phenoxy) is 1. The Balaban J connectivity index is 2.44. The highest BCUT2D eigenvalue weighted by atomic mass is 32.1. The molecule has 0 radical (unpaired) electrons. The highest BCUT2D eigenvalue weighted by molar-refractivity contribution is 7.21. The van der Waals surface area contributed by atoms with Crippen LogP contribution in [0.25, 0.3) is 10.1 Å². The van der Waals surface area contributed by atoms with E-state index in [1.807, 2.05) is 24.3 Å². The Hall–Kier alpha value is -1.65. The number of fused-ring (bicyclic) bond motifs is 1. The van der Waals surface area contributed by atoms with Crippen molar-refractivity contribution in [3.05, 3.63) is 47.4 Å². The Bertz CT molecular complexity index is 557. The van der Waals surface area contributed by atoms with Gasteiger partial charge in [-0.2, -0.15) is 0 Å². The molecular formula is C13H12O3S. The molecule has 0 atom stereocenters. The van der Waals surface area contributed by atoms with Crippen molar-refractivity contribution in [3.8, 4) is 0 Å². The fraction of sp³-hybridized carbons (Fsp3) is 0.154. The molecule has 0 bridgehead atoms. The number of hydrogen-bond acceptors (Lipinski definition) is 3. The van der Waals surface area contributed by atoms with E-state index >= 15 is 0 Å². The van der Waals surface area contributed by atoms with Gasteiger partial charge in [-0.3, -0.25) is 0 Å². The van der Waals surface area contributed by atoms with E-state index in [0.29, 0.717) is 18.1 Å². The topological polar surface area (TPSA) is 46.5 Å². The van der Waals surface area contributed by atoms with Gasteiger partial charge in [-0.05, 0) is 11.5 Å². The third kappa shape index (κ3) is 2.38. The molecule has 88 valence electrons. The van der Waals surface area contributed by atoms with Crippen LogP contribution in [0, 0.1) is 0 Å². The van der Waals surface area contributed by atoms with E-state index in [-0.39, 0.29) is 0 Å². The largest absolute Gasteiger partial charge is 0.477 e. The van der Waals surface area contributed by atoms with Gasteiger partial charge in [-0.1, -0.05) is 24.3 Å². The van der Waals surface area contributed by atoms with Crippen LogP contribution in [-0.4, -0.2) is 17.7 Å². The van der Waals surface area contributed by atoms with Crippen LogP contribution in [0.4, 0.5) is 0 Å². The zero-order chi connectivity index (χ0) is 12.3. The van der Waals surface area contributed by atoms with Crippen LogP contribution in [0.2, 0.25) is 0 Å². The molecule has 4 heteroatoms. The maximum Gasteiger partial charge on any atom is 0.346 e. The zero-order valence-electron chi connectivity index (χ0n) is 9.18. The average Bonchev–Trinajstić information content (AvgIpc) is 2.69. The standard InChI is InChI=1S/C13H12O3S/c1-2-7-16-8-10-9-5-3-4-6-11(9)17-12(10)13(14)15/h2-6H,1,7-8H2,(H,14,15). The number of thiophene rings is 1. The Morgan fingerprint density at radius 1 is 1.47 bits per heavy atom. The molecule has 0 amide bonds. The van der Waals surface area contributed by atoms with E-state index in [2.05, 4.69) is 6.58 Å². The van der Waals surface area contributed by atoms with Crippen LogP contribution in [-0.2, 0) is 11.3 Å². The van der Waals surface area contributed by atoms with Gasteiger partial charge in [0, 0.05) is 10.3 Å². The second kappa shape index (κ2) is 5.12. The first-order chi connectivity index (χ1) is 8.24. The molecule has 0 aliphatic rings. The average molecular weight is 248 g/mol. The minimum absolute atomic E-state index is 0.303. The van der Waals surface area contributed by atoms with Crippen LogP contribution < -0.4 is 0 Å². The highest BCUT2D eigenvalue weighted by Gasteiger charge is 2.17. The SMILES string of the molecule is C=CCOCc1c(C(=O)O)sc2ccccc12.